The Morgan fingerprint density at radius 2 is 1.82 bits per heavy atom. The molecular formula is C13H21NO3. The first kappa shape index (κ1) is 12.6. The van der Waals surface area contributed by atoms with E-state index in [2.05, 4.69) is 0 Å². The molecule has 1 heterocycles. The summed E-state index contributed by atoms with van der Waals surface area (Å²) >= 11 is 0. The third-order valence-corrected chi connectivity index (χ3v) is 4.58. The molecular weight excluding hydrogens is 218 g/mol. The van der Waals surface area contributed by atoms with Gasteiger partial charge in [0, 0.05) is 6.42 Å². The maximum absolute atomic E-state index is 12.3. The van der Waals surface area contributed by atoms with Crippen LogP contribution >= 0.6 is 0 Å². The summed E-state index contributed by atoms with van der Waals surface area (Å²) in [6.07, 6.45) is 4.10. The molecule has 1 N–H and O–H groups in total. The minimum atomic E-state index is -0.803. The molecule has 4 nitrogen and oxygen atoms in total. The van der Waals surface area contributed by atoms with Gasteiger partial charge in [0.2, 0.25) is 11.8 Å². The first-order valence-electron chi connectivity index (χ1n) is 6.53. The smallest absolute Gasteiger partial charge is 0.235 e. The van der Waals surface area contributed by atoms with Gasteiger partial charge in [0.1, 0.15) is 0 Å². The van der Waals surface area contributed by atoms with Crippen molar-refractivity contribution in [1.29, 1.82) is 0 Å². The average Bonchev–Trinajstić information content (AvgIpc) is 2.51. The molecule has 1 aliphatic carbocycles. The standard InChI is InChI=1S/C13H21NO3/c1-3-12(4-2)8-10(15)14(11(12)16)9-13(17)6-5-7-13/h17H,3-9H2,1-2H3. The molecule has 2 amide bonds. The Bertz CT molecular complexity index is 343. The minimum absolute atomic E-state index is 0.0761. The van der Waals surface area contributed by atoms with Crippen molar-refractivity contribution < 1.29 is 14.7 Å². The van der Waals surface area contributed by atoms with Crippen LogP contribution < -0.4 is 0 Å². The van der Waals surface area contributed by atoms with Gasteiger partial charge in [0.25, 0.3) is 0 Å². The normalized spacial score (nSPS) is 26.2. The highest BCUT2D eigenvalue weighted by Crippen LogP contribution is 2.41. The van der Waals surface area contributed by atoms with Crippen molar-refractivity contribution >= 4 is 11.8 Å². The molecule has 1 aliphatic heterocycles. The number of likely N-dealkylation sites (tertiary alicyclic amines) is 1. The molecule has 2 fully saturated rings. The Labute approximate surface area is 102 Å². The monoisotopic (exact) mass is 239 g/mol. The lowest BCUT2D eigenvalue weighted by Gasteiger charge is -2.39. The van der Waals surface area contributed by atoms with E-state index in [1.165, 1.54) is 4.90 Å². The molecule has 17 heavy (non-hydrogen) atoms. The van der Waals surface area contributed by atoms with E-state index in [1.807, 2.05) is 13.8 Å². The molecule has 0 spiro atoms. The van der Waals surface area contributed by atoms with Gasteiger partial charge in [-0.15, -0.1) is 0 Å². The highest BCUT2D eigenvalue weighted by atomic mass is 16.3. The fraction of sp³-hybridized carbons (Fsp3) is 0.846. The number of rotatable bonds is 4. The summed E-state index contributed by atoms with van der Waals surface area (Å²) in [4.78, 5) is 25.5. The first-order chi connectivity index (χ1) is 7.96. The summed E-state index contributed by atoms with van der Waals surface area (Å²) in [6, 6.07) is 0. The van der Waals surface area contributed by atoms with Crippen LogP contribution in [0, 0.1) is 5.41 Å². The molecule has 0 aromatic heterocycles. The summed E-state index contributed by atoms with van der Waals surface area (Å²) in [6.45, 7) is 4.11. The lowest BCUT2D eigenvalue weighted by atomic mass is 9.79. The third kappa shape index (κ3) is 1.88. The lowest BCUT2D eigenvalue weighted by molar-refractivity contribution is -0.148. The molecule has 96 valence electrons. The zero-order valence-corrected chi connectivity index (χ0v) is 10.7. The largest absolute Gasteiger partial charge is 0.388 e. The SMILES string of the molecule is CCC1(CC)CC(=O)N(CC2(O)CCC2)C1=O. The summed E-state index contributed by atoms with van der Waals surface area (Å²) in [5.41, 5.74) is -1.31. The summed E-state index contributed by atoms with van der Waals surface area (Å²) in [5, 5.41) is 10.1. The Balaban J connectivity index is 2.14. The molecule has 0 aromatic carbocycles. The fourth-order valence-corrected chi connectivity index (χ4v) is 2.86. The quantitative estimate of drug-likeness (QED) is 0.756. The Kier molecular flexibility index (Phi) is 3.02. The van der Waals surface area contributed by atoms with Crippen LogP contribution in [0.15, 0.2) is 0 Å². The number of nitrogens with zero attached hydrogens (tertiary/aromatic N) is 1. The highest BCUT2D eigenvalue weighted by molar-refractivity contribution is 6.05. The van der Waals surface area contributed by atoms with E-state index in [1.54, 1.807) is 0 Å². The van der Waals surface area contributed by atoms with Crippen LogP contribution in [0.2, 0.25) is 0 Å². The van der Waals surface area contributed by atoms with Crippen LogP contribution in [0.4, 0.5) is 0 Å². The van der Waals surface area contributed by atoms with Gasteiger partial charge in [-0.2, -0.15) is 0 Å². The maximum atomic E-state index is 12.3. The van der Waals surface area contributed by atoms with Crippen LogP contribution in [0.25, 0.3) is 0 Å². The van der Waals surface area contributed by atoms with Crippen molar-refractivity contribution in [3.63, 3.8) is 0 Å². The summed E-state index contributed by atoms with van der Waals surface area (Å²) in [7, 11) is 0. The van der Waals surface area contributed by atoms with E-state index in [0.29, 0.717) is 32.1 Å². The Hall–Kier alpha value is -0.900. The van der Waals surface area contributed by atoms with Gasteiger partial charge in [-0.25, -0.2) is 0 Å². The van der Waals surface area contributed by atoms with E-state index >= 15 is 0 Å². The lowest BCUT2D eigenvalue weighted by Crippen LogP contribution is -2.50. The molecule has 0 aromatic rings. The van der Waals surface area contributed by atoms with Crippen LogP contribution in [0.1, 0.15) is 52.4 Å². The minimum Gasteiger partial charge on any atom is -0.388 e. The second-order valence-corrected chi connectivity index (χ2v) is 5.53. The highest BCUT2D eigenvalue weighted by Gasteiger charge is 2.51. The number of carbonyl (C=O) groups excluding carboxylic acids is 2. The van der Waals surface area contributed by atoms with Crippen molar-refractivity contribution in [2.24, 2.45) is 5.41 Å². The molecule has 4 heteroatoms. The molecule has 1 saturated heterocycles. The number of β-amino-alcohol motifs (C(OH)–C–C–N with tert-alkyl or cyclic N) is 1. The van der Waals surface area contributed by atoms with Gasteiger partial charge in [-0.3, -0.25) is 14.5 Å². The van der Waals surface area contributed by atoms with Crippen LogP contribution in [0.3, 0.4) is 0 Å². The van der Waals surface area contributed by atoms with Gasteiger partial charge < -0.3 is 5.11 Å². The topological polar surface area (TPSA) is 57.6 Å². The molecule has 0 bridgehead atoms. The Morgan fingerprint density at radius 1 is 1.24 bits per heavy atom. The number of carbonyl (C=O) groups is 2. The molecule has 2 rings (SSSR count). The van der Waals surface area contributed by atoms with E-state index in [9.17, 15) is 14.7 Å². The number of hydrogen-bond acceptors (Lipinski definition) is 3. The number of hydrogen-bond donors (Lipinski definition) is 1. The predicted molar refractivity (Wildman–Crippen MR) is 63.2 cm³/mol. The van der Waals surface area contributed by atoms with Crippen molar-refractivity contribution in [1.82, 2.24) is 4.90 Å². The molecule has 2 aliphatic rings. The first-order valence-corrected chi connectivity index (χ1v) is 6.53. The van der Waals surface area contributed by atoms with Gasteiger partial charge in [-0.05, 0) is 32.1 Å². The number of aliphatic hydroxyl groups is 1. The zero-order valence-electron chi connectivity index (χ0n) is 10.7. The predicted octanol–water partition coefficient (Wildman–Crippen LogP) is 1.47. The molecule has 1 saturated carbocycles. The van der Waals surface area contributed by atoms with Crippen LogP contribution in [-0.4, -0.2) is 34.0 Å². The summed E-state index contributed by atoms with van der Waals surface area (Å²) in [5.74, 6) is -0.188. The molecule has 0 radical (unpaired) electrons. The van der Waals surface area contributed by atoms with Gasteiger partial charge in [0.15, 0.2) is 0 Å². The van der Waals surface area contributed by atoms with Gasteiger partial charge in [0.05, 0.1) is 17.6 Å². The van der Waals surface area contributed by atoms with Crippen molar-refractivity contribution in [3.8, 4) is 0 Å². The van der Waals surface area contributed by atoms with Gasteiger partial charge in [-0.1, -0.05) is 13.8 Å². The second kappa shape index (κ2) is 4.09. The van der Waals surface area contributed by atoms with E-state index in [-0.39, 0.29) is 18.4 Å². The van der Waals surface area contributed by atoms with Crippen molar-refractivity contribution in [2.75, 3.05) is 6.54 Å². The second-order valence-electron chi connectivity index (χ2n) is 5.53. The van der Waals surface area contributed by atoms with E-state index in [4.69, 9.17) is 0 Å². The molecule has 0 unspecified atom stereocenters. The molecule has 0 atom stereocenters. The number of amides is 2. The Morgan fingerprint density at radius 3 is 2.18 bits per heavy atom. The van der Waals surface area contributed by atoms with E-state index in [0.717, 1.165) is 6.42 Å². The zero-order chi connectivity index (χ0) is 12.7. The summed E-state index contributed by atoms with van der Waals surface area (Å²) < 4.78 is 0. The third-order valence-electron chi connectivity index (χ3n) is 4.58. The van der Waals surface area contributed by atoms with E-state index < -0.39 is 11.0 Å². The van der Waals surface area contributed by atoms with Crippen molar-refractivity contribution in [3.05, 3.63) is 0 Å². The fourth-order valence-electron chi connectivity index (χ4n) is 2.86. The van der Waals surface area contributed by atoms with Crippen LogP contribution in [0.5, 0.6) is 0 Å². The number of imide groups is 1. The average molecular weight is 239 g/mol. The maximum Gasteiger partial charge on any atom is 0.235 e. The van der Waals surface area contributed by atoms with Crippen LogP contribution in [-0.2, 0) is 9.59 Å². The van der Waals surface area contributed by atoms with Crippen molar-refractivity contribution in [2.45, 2.75) is 58.0 Å². The van der Waals surface area contributed by atoms with Gasteiger partial charge >= 0.3 is 0 Å².